The molecule has 1 aromatic carbocycles. The molecule has 0 saturated carbocycles. The van der Waals surface area contributed by atoms with Crippen molar-refractivity contribution in [2.75, 3.05) is 29.9 Å². The maximum Gasteiger partial charge on any atom is 0.308 e. The van der Waals surface area contributed by atoms with Gasteiger partial charge in [0.05, 0.1) is 17.4 Å². The molecular weight excluding hydrogens is 316 g/mol. The van der Waals surface area contributed by atoms with Crippen molar-refractivity contribution in [3.63, 3.8) is 0 Å². The summed E-state index contributed by atoms with van der Waals surface area (Å²) in [5, 5.41) is 11.7. The van der Waals surface area contributed by atoms with Crippen LogP contribution < -0.4 is 5.32 Å². The number of benzene rings is 1. The Labute approximate surface area is 139 Å². The van der Waals surface area contributed by atoms with Gasteiger partial charge in [0.15, 0.2) is 0 Å². The van der Waals surface area contributed by atoms with Gasteiger partial charge in [-0.25, -0.2) is 0 Å². The van der Waals surface area contributed by atoms with E-state index < -0.39 is 11.9 Å². The Morgan fingerprint density at radius 3 is 2.57 bits per heavy atom. The molecule has 1 unspecified atom stereocenters. The molecule has 1 saturated heterocycles. The van der Waals surface area contributed by atoms with E-state index in [2.05, 4.69) is 5.32 Å². The number of carbonyl (C=O) groups excluding carboxylic acids is 2. The standard InChI is InChI=1S/C16H20N2O4S/c1-11-2-4-13(5-3-11)17-14(19)9-23-10-15(20)18-7-6-12(8-18)16(21)22/h2-5,12H,6-10H2,1H3,(H,17,19)(H,21,22). The number of aliphatic carboxylic acids is 1. The van der Waals surface area contributed by atoms with Gasteiger partial charge in [-0.3, -0.25) is 14.4 Å². The lowest BCUT2D eigenvalue weighted by Gasteiger charge is -2.15. The van der Waals surface area contributed by atoms with Gasteiger partial charge in [0, 0.05) is 18.8 Å². The van der Waals surface area contributed by atoms with Crippen molar-refractivity contribution in [1.29, 1.82) is 0 Å². The third-order valence-corrected chi connectivity index (χ3v) is 4.60. The van der Waals surface area contributed by atoms with Crippen molar-refractivity contribution in [3.8, 4) is 0 Å². The number of carboxylic acid groups (broad SMARTS) is 1. The van der Waals surface area contributed by atoms with Gasteiger partial charge in [0.25, 0.3) is 0 Å². The minimum atomic E-state index is -0.856. The smallest absolute Gasteiger partial charge is 0.308 e. The largest absolute Gasteiger partial charge is 0.481 e. The highest BCUT2D eigenvalue weighted by Gasteiger charge is 2.30. The van der Waals surface area contributed by atoms with E-state index in [0.717, 1.165) is 11.3 Å². The van der Waals surface area contributed by atoms with E-state index in [9.17, 15) is 14.4 Å². The van der Waals surface area contributed by atoms with Crippen LogP contribution in [0.3, 0.4) is 0 Å². The molecule has 2 N–H and O–H groups in total. The SMILES string of the molecule is Cc1ccc(NC(=O)CSCC(=O)N2CCC(C(=O)O)C2)cc1. The molecule has 1 aliphatic rings. The Morgan fingerprint density at radius 2 is 1.96 bits per heavy atom. The molecule has 0 radical (unpaired) electrons. The molecule has 1 atom stereocenters. The number of carbonyl (C=O) groups is 3. The maximum atomic E-state index is 12.0. The Bertz CT molecular complexity index is 588. The molecule has 2 rings (SSSR count). The van der Waals surface area contributed by atoms with Crippen LogP contribution in [0.15, 0.2) is 24.3 Å². The summed E-state index contributed by atoms with van der Waals surface area (Å²) < 4.78 is 0. The summed E-state index contributed by atoms with van der Waals surface area (Å²) in [6, 6.07) is 7.50. The van der Waals surface area contributed by atoms with Crippen molar-refractivity contribution >= 4 is 35.2 Å². The van der Waals surface area contributed by atoms with Gasteiger partial charge >= 0.3 is 5.97 Å². The normalized spacial score (nSPS) is 17.1. The van der Waals surface area contributed by atoms with Crippen LogP contribution in [-0.2, 0) is 14.4 Å². The molecule has 6 nitrogen and oxygen atoms in total. The highest BCUT2D eigenvalue weighted by atomic mass is 32.2. The zero-order valence-corrected chi connectivity index (χ0v) is 13.8. The Balaban J connectivity index is 1.68. The average molecular weight is 336 g/mol. The second-order valence-corrected chi connectivity index (χ2v) is 6.56. The quantitative estimate of drug-likeness (QED) is 0.824. The average Bonchev–Trinajstić information content (AvgIpc) is 3.00. The van der Waals surface area contributed by atoms with Crippen molar-refractivity contribution < 1.29 is 19.5 Å². The van der Waals surface area contributed by atoms with Crippen molar-refractivity contribution in [1.82, 2.24) is 4.90 Å². The van der Waals surface area contributed by atoms with E-state index in [1.54, 1.807) is 4.90 Å². The van der Waals surface area contributed by atoms with Gasteiger partial charge in [-0.2, -0.15) is 0 Å². The number of anilines is 1. The predicted molar refractivity (Wildman–Crippen MR) is 89.5 cm³/mol. The number of carboxylic acids is 1. The summed E-state index contributed by atoms with van der Waals surface area (Å²) in [6.07, 6.45) is 0.500. The maximum absolute atomic E-state index is 12.0. The second-order valence-electron chi connectivity index (χ2n) is 5.57. The molecule has 0 bridgehead atoms. The monoisotopic (exact) mass is 336 g/mol. The Kier molecular flexibility index (Phi) is 6.04. The van der Waals surface area contributed by atoms with Crippen molar-refractivity contribution in [3.05, 3.63) is 29.8 Å². The number of rotatable bonds is 6. The molecule has 7 heteroatoms. The van der Waals surface area contributed by atoms with Crippen LogP contribution in [0.5, 0.6) is 0 Å². The van der Waals surface area contributed by atoms with Crippen LogP contribution in [0, 0.1) is 12.8 Å². The summed E-state index contributed by atoms with van der Waals surface area (Å²) in [5.41, 5.74) is 1.85. The van der Waals surface area contributed by atoms with Gasteiger partial charge in [-0.05, 0) is 25.5 Å². The first-order valence-corrected chi connectivity index (χ1v) is 8.56. The minimum absolute atomic E-state index is 0.109. The second kappa shape index (κ2) is 8.01. The van der Waals surface area contributed by atoms with Gasteiger partial charge in [-0.15, -0.1) is 11.8 Å². The van der Waals surface area contributed by atoms with Crippen LogP contribution in [0.4, 0.5) is 5.69 Å². The molecule has 23 heavy (non-hydrogen) atoms. The van der Waals surface area contributed by atoms with Gasteiger partial charge in [0.2, 0.25) is 11.8 Å². The van der Waals surface area contributed by atoms with Gasteiger partial charge < -0.3 is 15.3 Å². The van der Waals surface area contributed by atoms with E-state index in [4.69, 9.17) is 5.11 Å². The lowest BCUT2D eigenvalue weighted by Crippen LogP contribution is -2.31. The molecule has 0 spiro atoms. The molecule has 1 aromatic rings. The number of hydrogen-bond donors (Lipinski definition) is 2. The third kappa shape index (κ3) is 5.28. The zero-order valence-electron chi connectivity index (χ0n) is 12.9. The number of nitrogens with zero attached hydrogens (tertiary/aromatic N) is 1. The first-order chi connectivity index (χ1) is 11.0. The molecule has 0 aromatic heterocycles. The van der Waals surface area contributed by atoms with E-state index >= 15 is 0 Å². The lowest BCUT2D eigenvalue weighted by atomic mass is 10.1. The van der Waals surface area contributed by atoms with Crippen LogP contribution in [0.1, 0.15) is 12.0 Å². The third-order valence-electron chi connectivity index (χ3n) is 3.68. The topological polar surface area (TPSA) is 86.7 Å². The molecule has 124 valence electrons. The van der Waals surface area contributed by atoms with Crippen LogP contribution >= 0.6 is 11.8 Å². The molecule has 2 amide bonds. The molecule has 1 heterocycles. The van der Waals surface area contributed by atoms with E-state index in [1.807, 2.05) is 31.2 Å². The summed E-state index contributed by atoms with van der Waals surface area (Å²) in [7, 11) is 0. The number of amides is 2. The molecule has 0 aliphatic carbocycles. The Morgan fingerprint density at radius 1 is 1.26 bits per heavy atom. The lowest BCUT2D eigenvalue weighted by molar-refractivity contribution is -0.141. The fraction of sp³-hybridized carbons (Fsp3) is 0.438. The number of likely N-dealkylation sites (tertiary alicyclic amines) is 1. The van der Waals surface area contributed by atoms with E-state index in [-0.39, 0.29) is 29.9 Å². The predicted octanol–water partition coefficient (Wildman–Crippen LogP) is 1.60. The summed E-state index contributed by atoms with van der Waals surface area (Å²) in [5.74, 6) is -1.21. The van der Waals surface area contributed by atoms with E-state index in [0.29, 0.717) is 13.0 Å². The molecule has 1 fully saturated rings. The van der Waals surface area contributed by atoms with Gasteiger partial charge in [0.1, 0.15) is 0 Å². The summed E-state index contributed by atoms with van der Waals surface area (Å²) >= 11 is 1.24. The minimum Gasteiger partial charge on any atom is -0.481 e. The van der Waals surface area contributed by atoms with Crippen molar-refractivity contribution in [2.24, 2.45) is 5.92 Å². The number of thioether (sulfide) groups is 1. The number of hydrogen-bond acceptors (Lipinski definition) is 4. The van der Waals surface area contributed by atoms with Crippen LogP contribution in [-0.4, -0.2) is 52.4 Å². The summed E-state index contributed by atoms with van der Waals surface area (Å²) in [6.45, 7) is 2.72. The molecular formula is C16H20N2O4S. The number of nitrogens with one attached hydrogen (secondary N) is 1. The van der Waals surface area contributed by atoms with Crippen molar-refractivity contribution in [2.45, 2.75) is 13.3 Å². The fourth-order valence-corrected chi connectivity index (χ4v) is 3.06. The zero-order chi connectivity index (χ0) is 16.8. The van der Waals surface area contributed by atoms with E-state index in [1.165, 1.54) is 11.8 Å². The highest BCUT2D eigenvalue weighted by Crippen LogP contribution is 2.17. The highest BCUT2D eigenvalue weighted by molar-refractivity contribution is 8.00. The van der Waals surface area contributed by atoms with Crippen LogP contribution in [0.2, 0.25) is 0 Å². The number of aryl methyl sites for hydroxylation is 1. The first-order valence-electron chi connectivity index (χ1n) is 7.40. The fourth-order valence-electron chi connectivity index (χ4n) is 2.34. The molecule has 1 aliphatic heterocycles. The van der Waals surface area contributed by atoms with Gasteiger partial charge in [-0.1, -0.05) is 17.7 Å². The summed E-state index contributed by atoms with van der Waals surface area (Å²) in [4.78, 5) is 36.2. The Hall–Kier alpha value is -2.02. The first kappa shape index (κ1) is 17.3. The van der Waals surface area contributed by atoms with Crippen LogP contribution in [0.25, 0.3) is 0 Å².